The Balaban J connectivity index is 1.89. The topological polar surface area (TPSA) is 46.0 Å². The molecule has 102 valence electrons. The van der Waals surface area contributed by atoms with E-state index < -0.39 is 0 Å². The summed E-state index contributed by atoms with van der Waals surface area (Å²) in [5.74, 6) is 1.92. The molecular formula is C13H25N5. The van der Waals surface area contributed by atoms with Crippen LogP contribution in [0.4, 0.5) is 0 Å². The van der Waals surface area contributed by atoms with Crippen molar-refractivity contribution < 1.29 is 0 Å². The maximum absolute atomic E-state index is 4.29. The highest BCUT2D eigenvalue weighted by atomic mass is 15.3. The van der Waals surface area contributed by atoms with Crippen LogP contribution in [0.3, 0.4) is 0 Å². The van der Waals surface area contributed by atoms with Crippen molar-refractivity contribution in [3.63, 3.8) is 0 Å². The Morgan fingerprint density at radius 1 is 1.39 bits per heavy atom. The van der Waals surface area contributed by atoms with Gasteiger partial charge < -0.3 is 14.8 Å². The zero-order valence-corrected chi connectivity index (χ0v) is 11.6. The van der Waals surface area contributed by atoms with Crippen LogP contribution in [0.1, 0.15) is 25.1 Å². The van der Waals surface area contributed by atoms with Crippen LogP contribution in [-0.2, 0) is 13.0 Å². The van der Waals surface area contributed by atoms with E-state index in [1.807, 2.05) is 6.33 Å². The van der Waals surface area contributed by atoms with E-state index in [-0.39, 0.29) is 0 Å². The fourth-order valence-electron chi connectivity index (χ4n) is 2.49. The normalized spacial score (nSPS) is 21.2. The molecule has 0 amide bonds. The van der Waals surface area contributed by atoms with Gasteiger partial charge in [0.2, 0.25) is 0 Å². The molecule has 2 heterocycles. The molecule has 18 heavy (non-hydrogen) atoms. The van der Waals surface area contributed by atoms with Gasteiger partial charge in [-0.25, -0.2) is 0 Å². The second-order valence-electron chi connectivity index (χ2n) is 5.49. The molecule has 0 spiro atoms. The molecule has 5 heteroatoms. The molecular weight excluding hydrogens is 226 g/mol. The van der Waals surface area contributed by atoms with Gasteiger partial charge in [0.25, 0.3) is 0 Å². The van der Waals surface area contributed by atoms with Gasteiger partial charge in [-0.05, 0) is 52.4 Å². The highest BCUT2D eigenvalue weighted by Gasteiger charge is 2.15. The lowest BCUT2D eigenvalue weighted by Gasteiger charge is -2.15. The summed E-state index contributed by atoms with van der Waals surface area (Å²) in [6, 6.07) is 0. The third-order valence-corrected chi connectivity index (χ3v) is 3.65. The molecule has 1 aliphatic heterocycles. The predicted octanol–water partition coefficient (Wildman–Crippen LogP) is 0.772. The van der Waals surface area contributed by atoms with Crippen LogP contribution in [0.15, 0.2) is 6.33 Å². The highest BCUT2D eigenvalue weighted by Crippen LogP contribution is 2.18. The van der Waals surface area contributed by atoms with Gasteiger partial charge >= 0.3 is 0 Å². The van der Waals surface area contributed by atoms with E-state index in [1.54, 1.807) is 0 Å². The Labute approximate surface area is 110 Å². The van der Waals surface area contributed by atoms with E-state index in [9.17, 15) is 0 Å². The van der Waals surface area contributed by atoms with Gasteiger partial charge in [-0.1, -0.05) is 0 Å². The molecule has 5 nitrogen and oxygen atoms in total. The molecule has 1 aliphatic rings. The average molecular weight is 251 g/mol. The number of hydrogen-bond donors (Lipinski definition) is 1. The van der Waals surface area contributed by atoms with Crippen LogP contribution < -0.4 is 5.32 Å². The summed E-state index contributed by atoms with van der Waals surface area (Å²) in [6.07, 6.45) is 6.81. The van der Waals surface area contributed by atoms with Crippen molar-refractivity contribution in [2.24, 2.45) is 5.92 Å². The maximum Gasteiger partial charge on any atom is 0.133 e. The molecule has 1 aromatic rings. The molecule has 1 saturated heterocycles. The van der Waals surface area contributed by atoms with Gasteiger partial charge in [-0.15, -0.1) is 10.2 Å². The van der Waals surface area contributed by atoms with Crippen molar-refractivity contribution in [2.45, 2.75) is 32.2 Å². The Bertz CT molecular complexity index is 339. The van der Waals surface area contributed by atoms with Crippen LogP contribution in [0.2, 0.25) is 0 Å². The quantitative estimate of drug-likeness (QED) is 0.840. The highest BCUT2D eigenvalue weighted by molar-refractivity contribution is 4.89. The summed E-state index contributed by atoms with van der Waals surface area (Å²) in [7, 11) is 4.20. The van der Waals surface area contributed by atoms with Crippen molar-refractivity contribution >= 4 is 0 Å². The van der Waals surface area contributed by atoms with E-state index >= 15 is 0 Å². The lowest BCUT2D eigenvalue weighted by atomic mass is 9.96. The minimum Gasteiger partial charge on any atom is -0.317 e. The first-order valence-electron chi connectivity index (χ1n) is 6.98. The van der Waals surface area contributed by atoms with E-state index in [1.165, 1.54) is 25.8 Å². The molecule has 1 fully saturated rings. The second-order valence-corrected chi connectivity index (χ2v) is 5.49. The maximum atomic E-state index is 4.29. The van der Waals surface area contributed by atoms with Crippen LogP contribution in [0, 0.1) is 5.92 Å². The van der Waals surface area contributed by atoms with Gasteiger partial charge in [0.15, 0.2) is 0 Å². The summed E-state index contributed by atoms with van der Waals surface area (Å²) >= 11 is 0. The zero-order valence-electron chi connectivity index (χ0n) is 11.6. The molecule has 1 N–H and O–H groups in total. The third kappa shape index (κ3) is 4.07. The van der Waals surface area contributed by atoms with Gasteiger partial charge in [-0.3, -0.25) is 0 Å². The Hall–Kier alpha value is -0.940. The van der Waals surface area contributed by atoms with Crippen LogP contribution in [0.25, 0.3) is 0 Å². The van der Waals surface area contributed by atoms with Crippen molar-refractivity contribution in [3.05, 3.63) is 12.2 Å². The lowest BCUT2D eigenvalue weighted by molar-refractivity contribution is 0.374. The van der Waals surface area contributed by atoms with Gasteiger partial charge in [0.05, 0.1) is 0 Å². The summed E-state index contributed by atoms with van der Waals surface area (Å²) in [4.78, 5) is 2.19. The fourth-order valence-corrected chi connectivity index (χ4v) is 2.49. The largest absolute Gasteiger partial charge is 0.317 e. The molecule has 2 rings (SSSR count). The molecule has 0 bridgehead atoms. The summed E-state index contributed by atoms with van der Waals surface area (Å²) in [5.41, 5.74) is 0. The molecule has 0 aromatic carbocycles. The number of nitrogens with zero attached hydrogens (tertiary/aromatic N) is 4. The second kappa shape index (κ2) is 6.85. The van der Waals surface area contributed by atoms with Crippen molar-refractivity contribution in [2.75, 3.05) is 33.7 Å². The SMILES string of the molecule is CN(C)CCn1cnnc1CC1CCCNCC1. The predicted molar refractivity (Wildman–Crippen MR) is 72.5 cm³/mol. The molecule has 1 aromatic heterocycles. The van der Waals surface area contributed by atoms with Crippen molar-refractivity contribution in [3.8, 4) is 0 Å². The van der Waals surface area contributed by atoms with Crippen LogP contribution in [0.5, 0.6) is 0 Å². The Morgan fingerprint density at radius 3 is 3.11 bits per heavy atom. The average Bonchev–Trinajstić information content (AvgIpc) is 2.60. The van der Waals surface area contributed by atoms with Crippen LogP contribution >= 0.6 is 0 Å². The molecule has 1 unspecified atom stereocenters. The van der Waals surface area contributed by atoms with Gasteiger partial charge in [0, 0.05) is 19.5 Å². The lowest BCUT2D eigenvalue weighted by Crippen LogP contribution is -2.20. The van der Waals surface area contributed by atoms with E-state index in [4.69, 9.17) is 0 Å². The minimum atomic E-state index is 0.766. The number of aromatic nitrogens is 3. The number of rotatable bonds is 5. The Kier molecular flexibility index (Phi) is 5.13. The first-order chi connectivity index (χ1) is 8.75. The number of hydrogen-bond acceptors (Lipinski definition) is 4. The fraction of sp³-hybridized carbons (Fsp3) is 0.846. The minimum absolute atomic E-state index is 0.766. The van der Waals surface area contributed by atoms with Gasteiger partial charge in [0.1, 0.15) is 12.2 Å². The van der Waals surface area contributed by atoms with E-state index in [0.29, 0.717) is 0 Å². The summed E-state index contributed by atoms with van der Waals surface area (Å²) in [6.45, 7) is 4.35. The number of nitrogens with one attached hydrogen (secondary N) is 1. The number of likely N-dealkylation sites (N-methyl/N-ethyl adjacent to an activating group) is 1. The third-order valence-electron chi connectivity index (χ3n) is 3.65. The monoisotopic (exact) mass is 251 g/mol. The summed E-state index contributed by atoms with van der Waals surface area (Å²) in [5, 5.41) is 11.8. The standard InChI is InChI=1S/C13H25N5/c1-17(2)8-9-18-11-15-16-13(18)10-12-4-3-6-14-7-5-12/h11-12,14H,3-10H2,1-2H3. The molecule has 0 radical (unpaired) electrons. The van der Waals surface area contributed by atoms with Crippen molar-refractivity contribution in [1.82, 2.24) is 25.0 Å². The van der Waals surface area contributed by atoms with E-state index in [0.717, 1.165) is 37.8 Å². The molecule has 0 saturated carbocycles. The smallest absolute Gasteiger partial charge is 0.133 e. The first kappa shape index (κ1) is 13.5. The van der Waals surface area contributed by atoms with E-state index in [2.05, 4.69) is 39.1 Å². The Morgan fingerprint density at radius 2 is 2.28 bits per heavy atom. The summed E-state index contributed by atoms with van der Waals surface area (Å²) < 4.78 is 2.21. The van der Waals surface area contributed by atoms with Gasteiger partial charge in [-0.2, -0.15) is 0 Å². The zero-order chi connectivity index (χ0) is 12.8. The van der Waals surface area contributed by atoms with Crippen LogP contribution in [-0.4, -0.2) is 53.4 Å². The first-order valence-corrected chi connectivity index (χ1v) is 6.98. The molecule has 0 aliphatic carbocycles. The van der Waals surface area contributed by atoms with Crippen molar-refractivity contribution in [1.29, 1.82) is 0 Å². The molecule has 1 atom stereocenters.